The second-order valence-corrected chi connectivity index (χ2v) is 4.64. The Morgan fingerprint density at radius 1 is 1.56 bits per heavy atom. The molecular weight excluding hydrogens is 155 g/mol. The summed E-state index contributed by atoms with van der Waals surface area (Å²) in [7, 11) is 0. The van der Waals surface area contributed by atoms with E-state index >= 15 is 0 Å². The predicted molar refractivity (Wildman–Crippen MR) is 42.4 cm³/mol. The third kappa shape index (κ3) is 2.35. The molecule has 0 spiro atoms. The van der Waals surface area contributed by atoms with E-state index in [9.17, 15) is 0 Å². The maximum atomic E-state index is 6.08. The maximum Gasteiger partial charge on any atom is 0.0432 e. The molecule has 0 heterocycles. The molecule has 0 aromatic heterocycles. The molecule has 9 heavy (non-hydrogen) atoms. The van der Waals surface area contributed by atoms with Crippen molar-refractivity contribution >= 4 is 23.2 Å². The van der Waals surface area contributed by atoms with Crippen LogP contribution < -0.4 is 0 Å². The molecule has 0 aromatic rings. The number of rotatable bonds is 0. The molecular formula is C7H12Cl2. The summed E-state index contributed by atoms with van der Waals surface area (Å²) in [5, 5.41) is 0.321. The fraction of sp³-hybridized carbons (Fsp3) is 1.00. The molecule has 0 aromatic carbocycles. The summed E-state index contributed by atoms with van der Waals surface area (Å²) in [5.74, 6) is 0. The number of hydrogen-bond donors (Lipinski definition) is 0. The van der Waals surface area contributed by atoms with E-state index in [-0.39, 0.29) is 4.87 Å². The van der Waals surface area contributed by atoms with Gasteiger partial charge in [-0.05, 0) is 26.2 Å². The van der Waals surface area contributed by atoms with Gasteiger partial charge in [-0.25, -0.2) is 0 Å². The van der Waals surface area contributed by atoms with E-state index in [1.165, 1.54) is 6.42 Å². The van der Waals surface area contributed by atoms with E-state index < -0.39 is 0 Å². The van der Waals surface area contributed by atoms with Crippen LogP contribution in [-0.4, -0.2) is 10.3 Å². The summed E-state index contributed by atoms with van der Waals surface area (Å²) in [5.41, 5.74) is 0. The van der Waals surface area contributed by atoms with Crippen LogP contribution in [0.25, 0.3) is 0 Å². The van der Waals surface area contributed by atoms with Gasteiger partial charge >= 0.3 is 0 Å². The van der Waals surface area contributed by atoms with E-state index in [1.54, 1.807) is 0 Å². The summed E-state index contributed by atoms with van der Waals surface area (Å²) >= 11 is 12.0. The molecule has 0 saturated heterocycles. The standard InChI is InChI=1S/C7H12Cl2/c1-7(9)4-2-3-6(8)5-7/h6H,2-5H2,1H3. The molecule has 1 rings (SSSR count). The summed E-state index contributed by atoms with van der Waals surface area (Å²) in [6.07, 6.45) is 4.42. The third-order valence-electron chi connectivity index (χ3n) is 1.86. The molecule has 1 aliphatic rings. The first kappa shape index (κ1) is 7.68. The molecule has 0 radical (unpaired) electrons. The van der Waals surface area contributed by atoms with Crippen LogP contribution in [-0.2, 0) is 0 Å². The van der Waals surface area contributed by atoms with Crippen LogP contribution in [0, 0.1) is 0 Å². The Balaban J connectivity index is 2.41. The van der Waals surface area contributed by atoms with Gasteiger partial charge in [0, 0.05) is 10.3 Å². The van der Waals surface area contributed by atoms with Crippen molar-refractivity contribution < 1.29 is 0 Å². The first-order chi connectivity index (χ1) is 4.10. The minimum atomic E-state index is -0.00926. The fourth-order valence-corrected chi connectivity index (χ4v) is 2.25. The molecule has 0 N–H and O–H groups in total. The molecule has 54 valence electrons. The van der Waals surface area contributed by atoms with Gasteiger partial charge in [0.15, 0.2) is 0 Å². The van der Waals surface area contributed by atoms with Crippen molar-refractivity contribution in [3.05, 3.63) is 0 Å². The van der Waals surface area contributed by atoms with E-state index in [2.05, 4.69) is 6.92 Å². The van der Waals surface area contributed by atoms with Crippen LogP contribution in [0.15, 0.2) is 0 Å². The molecule has 2 atom stereocenters. The minimum Gasteiger partial charge on any atom is -0.123 e. The van der Waals surface area contributed by atoms with Crippen molar-refractivity contribution in [3.8, 4) is 0 Å². The van der Waals surface area contributed by atoms with Crippen LogP contribution in [0.1, 0.15) is 32.6 Å². The monoisotopic (exact) mass is 166 g/mol. The normalized spacial score (nSPS) is 45.0. The van der Waals surface area contributed by atoms with Crippen molar-refractivity contribution in [1.29, 1.82) is 0 Å². The molecule has 0 bridgehead atoms. The topological polar surface area (TPSA) is 0 Å². The van der Waals surface area contributed by atoms with Crippen LogP contribution in [0.5, 0.6) is 0 Å². The van der Waals surface area contributed by atoms with Gasteiger partial charge < -0.3 is 0 Å². The average Bonchev–Trinajstić information content (AvgIpc) is 1.60. The Bertz CT molecular complexity index is 99.1. The van der Waals surface area contributed by atoms with E-state index in [4.69, 9.17) is 23.2 Å². The zero-order valence-corrected chi connectivity index (χ0v) is 7.17. The summed E-state index contributed by atoms with van der Waals surface area (Å²) in [6.45, 7) is 2.07. The largest absolute Gasteiger partial charge is 0.123 e. The van der Waals surface area contributed by atoms with Crippen LogP contribution >= 0.6 is 23.2 Å². The van der Waals surface area contributed by atoms with E-state index in [1.807, 2.05) is 0 Å². The molecule has 1 fully saturated rings. The predicted octanol–water partition coefficient (Wildman–Crippen LogP) is 3.17. The molecule has 2 unspecified atom stereocenters. The lowest BCUT2D eigenvalue weighted by Crippen LogP contribution is -2.26. The van der Waals surface area contributed by atoms with Gasteiger partial charge in [-0.2, -0.15) is 0 Å². The smallest absolute Gasteiger partial charge is 0.0432 e. The Morgan fingerprint density at radius 2 is 2.22 bits per heavy atom. The van der Waals surface area contributed by atoms with Crippen molar-refractivity contribution in [1.82, 2.24) is 0 Å². The van der Waals surface area contributed by atoms with Crippen molar-refractivity contribution in [2.75, 3.05) is 0 Å². The van der Waals surface area contributed by atoms with Crippen molar-refractivity contribution in [3.63, 3.8) is 0 Å². The Morgan fingerprint density at radius 3 is 2.56 bits per heavy atom. The van der Waals surface area contributed by atoms with Gasteiger partial charge in [0.1, 0.15) is 0 Å². The number of halogens is 2. The number of alkyl halides is 2. The maximum absolute atomic E-state index is 6.08. The van der Waals surface area contributed by atoms with Gasteiger partial charge in [-0.1, -0.05) is 6.42 Å². The van der Waals surface area contributed by atoms with Crippen molar-refractivity contribution in [2.45, 2.75) is 42.9 Å². The molecule has 1 aliphatic carbocycles. The lowest BCUT2D eigenvalue weighted by molar-refractivity contribution is 0.420. The highest BCUT2D eigenvalue weighted by Crippen LogP contribution is 2.35. The second-order valence-electron chi connectivity index (χ2n) is 3.11. The van der Waals surface area contributed by atoms with Gasteiger partial charge in [0.25, 0.3) is 0 Å². The van der Waals surface area contributed by atoms with Gasteiger partial charge in [0.05, 0.1) is 0 Å². The second kappa shape index (κ2) is 2.67. The zero-order chi connectivity index (χ0) is 6.91. The summed E-state index contributed by atoms with van der Waals surface area (Å²) in [6, 6.07) is 0. The quantitative estimate of drug-likeness (QED) is 0.486. The van der Waals surface area contributed by atoms with Crippen LogP contribution in [0.2, 0.25) is 0 Å². The van der Waals surface area contributed by atoms with Gasteiger partial charge in [-0.3, -0.25) is 0 Å². The lowest BCUT2D eigenvalue weighted by atomic mass is 9.90. The number of hydrogen-bond acceptors (Lipinski definition) is 0. The minimum absolute atomic E-state index is 0.00926. The molecule has 2 heteroatoms. The lowest BCUT2D eigenvalue weighted by Gasteiger charge is -2.29. The Hall–Kier alpha value is 0.580. The first-order valence-corrected chi connectivity index (χ1v) is 4.25. The van der Waals surface area contributed by atoms with Gasteiger partial charge in [-0.15, -0.1) is 23.2 Å². The Kier molecular flexibility index (Phi) is 2.28. The zero-order valence-electron chi connectivity index (χ0n) is 5.66. The molecule has 0 aliphatic heterocycles. The third-order valence-corrected chi connectivity index (χ3v) is 2.58. The average molecular weight is 167 g/mol. The van der Waals surface area contributed by atoms with Gasteiger partial charge in [0.2, 0.25) is 0 Å². The summed E-state index contributed by atoms with van der Waals surface area (Å²) in [4.78, 5) is -0.00926. The molecule has 0 nitrogen and oxygen atoms in total. The van der Waals surface area contributed by atoms with E-state index in [0.717, 1.165) is 19.3 Å². The highest BCUT2D eigenvalue weighted by Gasteiger charge is 2.28. The highest BCUT2D eigenvalue weighted by atomic mass is 35.5. The van der Waals surface area contributed by atoms with Crippen molar-refractivity contribution in [2.24, 2.45) is 0 Å². The Labute approximate surface area is 66.5 Å². The van der Waals surface area contributed by atoms with E-state index in [0.29, 0.717) is 5.38 Å². The fourth-order valence-electron chi connectivity index (χ4n) is 1.36. The first-order valence-electron chi connectivity index (χ1n) is 3.43. The van der Waals surface area contributed by atoms with Crippen LogP contribution in [0.3, 0.4) is 0 Å². The highest BCUT2D eigenvalue weighted by molar-refractivity contribution is 6.25. The summed E-state index contributed by atoms with van der Waals surface area (Å²) < 4.78 is 0. The molecule has 0 amide bonds. The molecule has 1 saturated carbocycles. The van der Waals surface area contributed by atoms with Crippen LogP contribution in [0.4, 0.5) is 0 Å². The SMILES string of the molecule is CC1(Cl)CCCC(Cl)C1.